The minimum absolute atomic E-state index is 0.301. The second-order valence-electron chi connectivity index (χ2n) is 4.31. The average molecular weight is 286 g/mol. The molecule has 7 heteroatoms. The van der Waals surface area contributed by atoms with Crippen LogP contribution in [-0.4, -0.2) is 34.5 Å². The molecule has 0 radical (unpaired) electrons. The molecule has 1 aromatic heterocycles. The second-order valence-corrected chi connectivity index (χ2v) is 4.31. The van der Waals surface area contributed by atoms with Gasteiger partial charge in [0.05, 0.1) is 12.4 Å². The molecule has 0 aliphatic heterocycles. The Bertz CT molecular complexity index is 645. The van der Waals surface area contributed by atoms with Crippen molar-refractivity contribution < 1.29 is 0 Å². The summed E-state index contributed by atoms with van der Waals surface area (Å²) in [6, 6.07) is 8.09. The quantitative estimate of drug-likeness (QED) is 0.620. The van der Waals surface area contributed by atoms with Gasteiger partial charge in [0.1, 0.15) is 0 Å². The number of aromatic amines is 1. The molecule has 0 amide bonds. The number of hydrogen-bond acceptors (Lipinski definition) is 6. The molecule has 0 bridgehead atoms. The van der Waals surface area contributed by atoms with Gasteiger partial charge in [0.15, 0.2) is 5.82 Å². The van der Waals surface area contributed by atoms with E-state index in [2.05, 4.69) is 56.6 Å². The third kappa shape index (κ3) is 4.13. The molecule has 7 nitrogen and oxygen atoms in total. The molecule has 0 fully saturated rings. The van der Waals surface area contributed by atoms with Crippen molar-refractivity contribution in [3.63, 3.8) is 0 Å². The van der Waals surface area contributed by atoms with Crippen LogP contribution in [0.3, 0.4) is 0 Å². The van der Waals surface area contributed by atoms with Gasteiger partial charge in [-0.3, -0.25) is 5.43 Å². The fourth-order valence-corrected chi connectivity index (χ4v) is 1.90. The first-order valence-corrected chi connectivity index (χ1v) is 6.78. The lowest BCUT2D eigenvalue weighted by Crippen LogP contribution is -2.21. The van der Waals surface area contributed by atoms with Gasteiger partial charge in [0.2, 0.25) is 0 Å². The van der Waals surface area contributed by atoms with Crippen LogP contribution in [0.5, 0.6) is 0 Å². The first-order valence-electron chi connectivity index (χ1n) is 6.78. The van der Waals surface area contributed by atoms with E-state index in [1.54, 1.807) is 6.21 Å². The first-order chi connectivity index (χ1) is 10.2. The highest BCUT2D eigenvalue weighted by molar-refractivity contribution is 5.80. The number of nitrogens with zero attached hydrogens (tertiary/aromatic N) is 4. The number of hydrogen-bond donors (Lipinski definition) is 2. The molecule has 0 unspecified atom stereocenters. The van der Waals surface area contributed by atoms with Crippen molar-refractivity contribution in [1.29, 1.82) is 0 Å². The largest absolute Gasteiger partial charge is 0.372 e. The standard InChI is InChI=1S/C14H18N6O/c1-3-20(4-2)12-7-5-11(6-8-12)9-15-18-13-10-16-19-14(21)17-13/h5-10H,3-4H2,1-2H3,(H2,17,18,19,21)/b15-9+. The highest BCUT2D eigenvalue weighted by atomic mass is 16.1. The predicted molar refractivity (Wildman–Crippen MR) is 83.9 cm³/mol. The van der Waals surface area contributed by atoms with Crippen molar-refractivity contribution in [2.75, 3.05) is 23.4 Å². The molecule has 1 aromatic carbocycles. The fraction of sp³-hybridized carbons (Fsp3) is 0.286. The van der Waals surface area contributed by atoms with Gasteiger partial charge in [0.25, 0.3) is 0 Å². The van der Waals surface area contributed by atoms with Crippen molar-refractivity contribution in [2.24, 2.45) is 5.10 Å². The van der Waals surface area contributed by atoms with Crippen LogP contribution in [0, 0.1) is 0 Å². The molecule has 21 heavy (non-hydrogen) atoms. The Kier molecular flexibility index (Phi) is 5.03. The Labute approximate surface area is 122 Å². The number of benzene rings is 1. The Balaban J connectivity index is 2.00. The lowest BCUT2D eigenvalue weighted by atomic mass is 10.2. The third-order valence-electron chi connectivity index (χ3n) is 2.98. The van der Waals surface area contributed by atoms with Crippen LogP contribution in [0.25, 0.3) is 0 Å². The van der Waals surface area contributed by atoms with Crippen LogP contribution >= 0.6 is 0 Å². The Morgan fingerprint density at radius 3 is 2.62 bits per heavy atom. The smallest absolute Gasteiger partial charge is 0.363 e. The maximum absolute atomic E-state index is 11.0. The van der Waals surface area contributed by atoms with E-state index >= 15 is 0 Å². The minimum Gasteiger partial charge on any atom is -0.372 e. The van der Waals surface area contributed by atoms with Gasteiger partial charge >= 0.3 is 5.69 Å². The van der Waals surface area contributed by atoms with Crippen LogP contribution in [0.15, 0.2) is 40.4 Å². The van der Waals surface area contributed by atoms with Gasteiger partial charge in [-0.2, -0.15) is 15.2 Å². The SMILES string of the molecule is CCN(CC)c1ccc(/C=N/Nc2cn[nH]c(=O)n2)cc1. The lowest BCUT2D eigenvalue weighted by Gasteiger charge is -2.20. The molecule has 0 aliphatic carbocycles. The number of hydrazone groups is 1. The number of aromatic nitrogens is 3. The summed E-state index contributed by atoms with van der Waals surface area (Å²) in [4.78, 5) is 16.9. The van der Waals surface area contributed by atoms with E-state index in [0.717, 1.165) is 18.7 Å². The van der Waals surface area contributed by atoms with Gasteiger partial charge < -0.3 is 4.90 Å². The Hall–Kier alpha value is -2.70. The van der Waals surface area contributed by atoms with E-state index in [1.165, 1.54) is 11.9 Å². The van der Waals surface area contributed by atoms with E-state index < -0.39 is 5.69 Å². The Morgan fingerprint density at radius 2 is 2.00 bits per heavy atom. The van der Waals surface area contributed by atoms with E-state index in [-0.39, 0.29) is 0 Å². The molecular formula is C14H18N6O. The summed E-state index contributed by atoms with van der Waals surface area (Å²) < 4.78 is 0. The number of nitrogens with one attached hydrogen (secondary N) is 2. The van der Waals surface area contributed by atoms with Gasteiger partial charge in [0, 0.05) is 18.8 Å². The summed E-state index contributed by atoms with van der Waals surface area (Å²) in [6.07, 6.45) is 3.05. The zero-order valence-electron chi connectivity index (χ0n) is 12.1. The molecule has 110 valence electrons. The summed E-state index contributed by atoms with van der Waals surface area (Å²) in [6.45, 7) is 6.22. The molecule has 0 atom stereocenters. The van der Waals surface area contributed by atoms with Gasteiger partial charge in [-0.25, -0.2) is 9.89 Å². The van der Waals surface area contributed by atoms with Crippen LogP contribution in [0.4, 0.5) is 11.5 Å². The monoisotopic (exact) mass is 286 g/mol. The van der Waals surface area contributed by atoms with Crippen LogP contribution in [0.1, 0.15) is 19.4 Å². The summed E-state index contributed by atoms with van der Waals surface area (Å²) in [5, 5.41) is 9.84. The number of H-pyrrole nitrogens is 1. The molecule has 2 rings (SSSR count). The number of anilines is 2. The molecule has 0 spiro atoms. The second kappa shape index (κ2) is 7.18. The maximum atomic E-state index is 11.0. The zero-order valence-corrected chi connectivity index (χ0v) is 12.1. The third-order valence-corrected chi connectivity index (χ3v) is 2.98. The van der Waals surface area contributed by atoms with Crippen molar-refractivity contribution in [2.45, 2.75) is 13.8 Å². The molecular weight excluding hydrogens is 268 g/mol. The zero-order chi connectivity index (χ0) is 15.1. The predicted octanol–water partition coefficient (Wildman–Crippen LogP) is 1.46. The topological polar surface area (TPSA) is 86.3 Å². The molecule has 0 aliphatic rings. The van der Waals surface area contributed by atoms with Crippen molar-refractivity contribution in [3.8, 4) is 0 Å². The summed E-state index contributed by atoms with van der Waals surface area (Å²) >= 11 is 0. The average Bonchev–Trinajstić information content (AvgIpc) is 2.50. The highest BCUT2D eigenvalue weighted by Gasteiger charge is 2.00. The lowest BCUT2D eigenvalue weighted by molar-refractivity contribution is 0.866. The molecule has 1 heterocycles. The molecule has 2 aromatic rings. The van der Waals surface area contributed by atoms with Crippen LogP contribution in [0.2, 0.25) is 0 Å². The molecule has 0 saturated carbocycles. The van der Waals surface area contributed by atoms with Crippen molar-refractivity contribution >= 4 is 17.7 Å². The van der Waals surface area contributed by atoms with Crippen molar-refractivity contribution in [3.05, 3.63) is 46.5 Å². The normalized spacial score (nSPS) is 10.8. The highest BCUT2D eigenvalue weighted by Crippen LogP contribution is 2.13. The Morgan fingerprint density at radius 1 is 1.29 bits per heavy atom. The summed E-state index contributed by atoms with van der Waals surface area (Å²) in [7, 11) is 0. The van der Waals surface area contributed by atoms with Gasteiger partial charge in [-0.1, -0.05) is 12.1 Å². The van der Waals surface area contributed by atoms with Crippen molar-refractivity contribution in [1.82, 2.24) is 15.2 Å². The van der Waals surface area contributed by atoms with E-state index in [4.69, 9.17) is 0 Å². The fourth-order valence-electron chi connectivity index (χ4n) is 1.90. The van der Waals surface area contributed by atoms with Crippen LogP contribution < -0.4 is 16.0 Å². The van der Waals surface area contributed by atoms with Gasteiger partial charge in [-0.15, -0.1) is 0 Å². The number of rotatable bonds is 6. The van der Waals surface area contributed by atoms with Crippen LogP contribution in [-0.2, 0) is 0 Å². The molecule has 2 N–H and O–H groups in total. The van der Waals surface area contributed by atoms with E-state index in [0.29, 0.717) is 5.82 Å². The maximum Gasteiger partial charge on any atom is 0.363 e. The molecule has 0 saturated heterocycles. The van der Waals surface area contributed by atoms with E-state index in [1.807, 2.05) is 12.1 Å². The van der Waals surface area contributed by atoms with Gasteiger partial charge in [-0.05, 0) is 31.5 Å². The minimum atomic E-state index is -0.515. The first kappa shape index (κ1) is 14.7. The summed E-state index contributed by atoms with van der Waals surface area (Å²) in [5.74, 6) is 0.301. The van der Waals surface area contributed by atoms with E-state index in [9.17, 15) is 4.79 Å². The summed E-state index contributed by atoms with van der Waals surface area (Å²) in [5.41, 5.74) is 4.28.